The average molecular weight is 309 g/mol. The summed E-state index contributed by atoms with van der Waals surface area (Å²) >= 11 is 1.52. The summed E-state index contributed by atoms with van der Waals surface area (Å²) in [6.45, 7) is 3.35. The number of hydrogen-bond acceptors (Lipinski definition) is 4. The first-order valence-corrected chi connectivity index (χ1v) is 8.37. The zero-order chi connectivity index (χ0) is 15.2. The fourth-order valence-corrected chi connectivity index (χ4v) is 3.08. The van der Waals surface area contributed by atoms with Gasteiger partial charge in [-0.3, -0.25) is 9.59 Å². The van der Waals surface area contributed by atoms with E-state index in [1.165, 1.54) is 11.3 Å². The van der Waals surface area contributed by atoms with Gasteiger partial charge in [0, 0.05) is 42.5 Å². The van der Waals surface area contributed by atoms with Crippen LogP contribution in [0.15, 0.2) is 16.8 Å². The molecule has 2 amide bonds. The lowest BCUT2D eigenvalue weighted by Crippen LogP contribution is -2.46. The molecule has 1 saturated heterocycles. The molecule has 0 spiro atoms. The van der Waals surface area contributed by atoms with Crippen molar-refractivity contribution >= 4 is 23.2 Å². The van der Waals surface area contributed by atoms with Gasteiger partial charge in [-0.2, -0.15) is 11.3 Å². The third-order valence-electron chi connectivity index (χ3n) is 3.78. The summed E-state index contributed by atoms with van der Waals surface area (Å²) in [6, 6.07) is 2.05. The largest absolute Gasteiger partial charge is 0.349 e. The van der Waals surface area contributed by atoms with E-state index in [2.05, 4.69) is 5.32 Å². The van der Waals surface area contributed by atoms with Gasteiger partial charge in [0.15, 0.2) is 0 Å². The van der Waals surface area contributed by atoms with Crippen molar-refractivity contribution in [3.8, 4) is 0 Å². The molecule has 1 aromatic rings. The van der Waals surface area contributed by atoms with Gasteiger partial charge in [0.1, 0.15) is 0 Å². The quantitative estimate of drug-likeness (QED) is 0.867. The normalized spacial score (nSPS) is 17.5. The lowest BCUT2D eigenvalue weighted by molar-refractivity contribution is -0.132. The van der Waals surface area contributed by atoms with E-state index in [4.69, 9.17) is 5.73 Å². The lowest BCUT2D eigenvalue weighted by atomic mass is 10.0. The van der Waals surface area contributed by atoms with E-state index < -0.39 is 0 Å². The Balaban J connectivity index is 1.73. The molecule has 1 aliphatic rings. The van der Waals surface area contributed by atoms with Gasteiger partial charge >= 0.3 is 0 Å². The van der Waals surface area contributed by atoms with Crippen LogP contribution < -0.4 is 11.1 Å². The maximum Gasteiger partial charge on any atom is 0.252 e. The molecule has 2 rings (SSSR count). The second-order valence-corrected chi connectivity index (χ2v) is 6.44. The van der Waals surface area contributed by atoms with Gasteiger partial charge in [-0.1, -0.05) is 0 Å². The molecule has 116 valence electrons. The molecule has 0 aromatic carbocycles. The van der Waals surface area contributed by atoms with Gasteiger partial charge in [0.25, 0.3) is 5.91 Å². The van der Waals surface area contributed by atoms with Crippen molar-refractivity contribution in [2.24, 2.45) is 5.73 Å². The van der Waals surface area contributed by atoms with Crippen LogP contribution in [-0.2, 0) is 4.79 Å². The summed E-state index contributed by atoms with van der Waals surface area (Å²) in [6.07, 6.45) is 2.89. The smallest absolute Gasteiger partial charge is 0.252 e. The summed E-state index contributed by atoms with van der Waals surface area (Å²) in [7, 11) is 0. The van der Waals surface area contributed by atoms with E-state index in [-0.39, 0.29) is 23.9 Å². The molecule has 3 N–H and O–H groups in total. The number of thiophene rings is 1. The predicted octanol–water partition coefficient (Wildman–Crippen LogP) is 1.60. The third-order valence-corrected chi connectivity index (χ3v) is 4.46. The maximum atomic E-state index is 12.0. The molecule has 0 radical (unpaired) electrons. The van der Waals surface area contributed by atoms with Crippen molar-refractivity contribution in [3.63, 3.8) is 0 Å². The number of amides is 2. The Hall–Kier alpha value is -1.40. The minimum Gasteiger partial charge on any atom is -0.349 e. The van der Waals surface area contributed by atoms with E-state index in [9.17, 15) is 9.59 Å². The van der Waals surface area contributed by atoms with Crippen LogP contribution in [0, 0.1) is 0 Å². The highest BCUT2D eigenvalue weighted by Crippen LogP contribution is 2.14. The van der Waals surface area contributed by atoms with Gasteiger partial charge in [0.2, 0.25) is 5.91 Å². The van der Waals surface area contributed by atoms with Gasteiger partial charge in [-0.25, -0.2) is 0 Å². The van der Waals surface area contributed by atoms with E-state index in [0.717, 1.165) is 24.8 Å². The van der Waals surface area contributed by atoms with Crippen LogP contribution in [0.3, 0.4) is 0 Å². The fraction of sp³-hybridized carbons (Fsp3) is 0.600. The predicted molar refractivity (Wildman–Crippen MR) is 84.3 cm³/mol. The SMILES string of the molecule is CC(N)CCC(=O)N1CCC(NC(=O)c2ccsc2)CC1. The summed E-state index contributed by atoms with van der Waals surface area (Å²) in [4.78, 5) is 25.9. The monoisotopic (exact) mass is 309 g/mol. The first-order valence-electron chi connectivity index (χ1n) is 7.42. The molecule has 1 aliphatic heterocycles. The standard InChI is InChI=1S/C15H23N3O2S/c1-11(16)2-3-14(19)18-7-4-13(5-8-18)17-15(20)12-6-9-21-10-12/h6,9-11,13H,2-5,7-8,16H2,1H3,(H,17,20). The third kappa shape index (κ3) is 4.82. The number of rotatable bonds is 5. The Morgan fingerprint density at radius 2 is 2.19 bits per heavy atom. The van der Waals surface area contributed by atoms with Crippen LogP contribution in [-0.4, -0.2) is 41.9 Å². The molecule has 5 nitrogen and oxygen atoms in total. The number of nitrogens with zero attached hydrogens (tertiary/aromatic N) is 1. The van der Waals surface area contributed by atoms with Crippen molar-refractivity contribution in [1.29, 1.82) is 0 Å². The van der Waals surface area contributed by atoms with Crippen molar-refractivity contribution in [3.05, 3.63) is 22.4 Å². The van der Waals surface area contributed by atoms with Crippen LogP contribution in [0.25, 0.3) is 0 Å². The van der Waals surface area contributed by atoms with Gasteiger partial charge in [-0.15, -0.1) is 0 Å². The van der Waals surface area contributed by atoms with Crippen LogP contribution in [0.4, 0.5) is 0 Å². The molecule has 0 aliphatic carbocycles. The fourth-order valence-electron chi connectivity index (χ4n) is 2.44. The average Bonchev–Trinajstić information content (AvgIpc) is 3.00. The molecule has 1 atom stereocenters. The van der Waals surface area contributed by atoms with Crippen LogP contribution in [0.1, 0.15) is 43.0 Å². The van der Waals surface area contributed by atoms with Crippen LogP contribution >= 0.6 is 11.3 Å². The van der Waals surface area contributed by atoms with Gasteiger partial charge < -0.3 is 16.0 Å². The molecule has 6 heteroatoms. The number of likely N-dealkylation sites (tertiary alicyclic amines) is 1. The summed E-state index contributed by atoms with van der Waals surface area (Å²) in [5.41, 5.74) is 6.39. The topological polar surface area (TPSA) is 75.4 Å². The van der Waals surface area contributed by atoms with Crippen molar-refractivity contribution in [2.75, 3.05) is 13.1 Å². The number of nitrogens with one attached hydrogen (secondary N) is 1. The minimum atomic E-state index is -0.0158. The second kappa shape index (κ2) is 7.56. The summed E-state index contributed by atoms with van der Waals surface area (Å²) in [5.74, 6) is 0.160. The first-order chi connectivity index (χ1) is 10.1. The molecule has 1 unspecified atom stereocenters. The Morgan fingerprint density at radius 1 is 1.48 bits per heavy atom. The van der Waals surface area contributed by atoms with E-state index in [1.54, 1.807) is 0 Å². The zero-order valence-electron chi connectivity index (χ0n) is 12.4. The zero-order valence-corrected chi connectivity index (χ0v) is 13.2. The van der Waals surface area contributed by atoms with E-state index in [0.29, 0.717) is 19.5 Å². The molecular weight excluding hydrogens is 286 g/mol. The number of carbonyl (C=O) groups is 2. The van der Waals surface area contributed by atoms with E-state index >= 15 is 0 Å². The highest BCUT2D eigenvalue weighted by atomic mass is 32.1. The van der Waals surface area contributed by atoms with Crippen LogP contribution in [0.5, 0.6) is 0 Å². The Kier molecular flexibility index (Phi) is 5.76. The number of piperidine rings is 1. The molecule has 21 heavy (non-hydrogen) atoms. The highest BCUT2D eigenvalue weighted by Gasteiger charge is 2.24. The molecular formula is C15H23N3O2S. The number of hydrogen-bond donors (Lipinski definition) is 2. The molecule has 1 aromatic heterocycles. The first kappa shape index (κ1) is 16.0. The molecule has 0 saturated carbocycles. The Bertz CT molecular complexity index is 465. The summed E-state index contributed by atoms with van der Waals surface area (Å²) in [5, 5.41) is 6.79. The number of nitrogens with two attached hydrogens (primary N) is 1. The van der Waals surface area contributed by atoms with Crippen molar-refractivity contribution < 1.29 is 9.59 Å². The Labute approximate surface area is 129 Å². The minimum absolute atomic E-state index is 0.0158. The van der Waals surface area contributed by atoms with Gasteiger partial charge in [0.05, 0.1) is 0 Å². The maximum absolute atomic E-state index is 12.0. The molecule has 0 bridgehead atoms. The van der Waals surface area contributed by atoms with E-state index in [1.807, 2.05) is 28.7 Å². The highest BCUT2D eigenvalue weighted by molar-refractivity contribution is 7.08. The van der Waals surface area contributed by atoms with Crippen molar-refractivity contribution in [1.82, 2.24) is 10.2 Å². The van der Waals surface area contributed by atoms with Crippen molar-refractivity contribution in [2.45, 2.75) is 44.7 Å². The van der Waals surface area contributed by atoms with Crippen LogP contribution in [0.2, 0.25) is 0 Å². The number of carbonyl (C=O) groups excluding carboxylic acids is 2. The molecule has 2 heterocycles. The second-order valence-electron chi connectivity index (χ2n) is 5.66. The van der Waals surface area contributed by atoms with Gasteiger partial charge in [-0.05, 0) is 37.6 Å². The molecule has 1 fully saturated rings. The Morgan fingerprint density at radius 3 is 2.76 bits per heavy atom. The summed E-state index contributed by atoms with van der Waals surface area (Å²) < 4.78 is 0. The lowest BCUT2D eigenvalue weighted by Gasteiger charge is -2.32.